The number of unbranched alkanes of at least 4 members (excludes halogenated alkanes) is 1. The monoisotopic (exact) mass is 331 g/mol. The largest absolute Gasteiger partial charge is 0.493 e. The number of nitrogens with zero attached hydrogens (tertiary/aromatic N) is 3. The van der Waals surface area contributed by atoms with Gasteiger partial charge in [-0.2, -0.15) is 15.2 Å². The molecule has 8 heteroatoms. The van der Waals surface area contributed by atoms with Crippen molar-refractivity contribution in [3.05, 3.63) is 39.9 Å². The van der Waals surface area contributed by atoms with E-state index < -0.39 is 5.69 Å². The number of aromatic nitrogens is 3. The molecule has 0 aliphatic heterocycles. The molecule has 2 aromatic rings. The van der Waals surface area contributed by atoms with Gasteiger partial charge in [-0.3, -0.25) is 5.43 Å². The molecule has 2 rings (SSSR count). The van der Waals surface area contributed by atoms with Gasteiger partial charge in [-0.15, -0.1) is 0 Å². The molecule has 0 fully saturated rings. The van der Waals surface area contributed by atoms with Gasteiger partial charge in [0, 0.05) is 0 Å². The summed E-state index contributed by atoms with van der Waals surface area (Å²) in [4.78, 5) is 14.9. The van der Waals surface area contributed by atoms with Crippen LogP contribution in [-0.2, 0) is 0 Å². The summed E-state index contributed by atoms with van der Waals surface area (Å²) in [5.74, 6) is 1.65. The molecule has 0 amide bonds. The van der Waals surface area contributed by atoms with Gasteiger partial charge in [0.25, 0.3) is 0 Å². The molecule has 8 nitrogen and oxygen atoms in total. The van der Waals surface area contributed by atoms with Crippen molar-refractivity contribution in [1.82, 2.24) is 15.2 Å². The van der Waals surface area contributed by atoms with E-state index in [0.29, 0.717) is 29.6 Å². The maximum Gasteiger partial charge on any atom is 0.363 e. The molecule has 0 unspecified atom stereocenters. The summed E-state index contributed by atoms with van der Waals surface area (Å²) in [6.07, 6.45) is 3.66. The van der Waals surface area contributed by atoms with Crippen LogP contribution in [0.25, 0.3) is 0 Å². The number of H-pyrrole nitrogens is 1. The van der Waals surface area contributed by atoms with Crippen LogP contribution in [-0.4, -0.2) is 35.1 Å². The molecule has 0 bridgehead atoms. The Morgan fingerprint density at radius 3 is 2.96 bits per heavy atom. The summed E-state index contributed by atoms with van der Waals surface area (Å²) in [6.45, 7) is 4.48. The normalized spacial score (nSPS) is 10.8. The fourth-order valence-electron chi connectivity index (χ4n) is 1.88. The third-order valence-electron chi connectivity index (χ3n) is 3.20. The number of hydrogen-bond acceptors (Lipinski definition) is 7. The number of aromatic amines is 1. The van der Waals surface area contributed by atoms with Crippen molar-refractivity contribution in [3.63, 3.8) is 0 Å². The van der Waals surface area contributed by atoms with Gasteiger partial charge in [0.05, 0.1) is 19.9 Å². The number of anilines is 1. The molecule has 1 aromatic carbocycles. The van der Waals surface area contributed by atoms with E-state index in [2.05, 4.69) is 32.6 Å². The van der Waals surface area contributed by atoms with E-state index >= 15 is 0 Å². The van der Waals surface area contributed by atoms with Gasteiger partial charge in [0.1, 0.15) is 5.69 Å². The highest BCUT2D eigenvalue weighted by molar-refractivity contribution is 5.81. The van der Waals surface area contributed by atoms with E-state index in [1.54, 1.807) is 20.2 Å². The molecular weight excluding hydrogens is 310 g/mol. The van der Waals surface area contributed by atoms with Crippen molar-refractivity contribution < 1.29 is 9.47 Å². The number of benzene rings is 1. The Balaban J connectivity index is 2.06. The summed E-state index contributed by atoms with van der Waals surface area (Å²) < 4.78 is 11.0. The molecule has 2 N–H and O–H groups in total. The van der Waals surface area contributed by atoms with Gasteiger partial charge >= 0.3 is 5.69 Å². The quantitative estimate of drug-likeness (QED) is 0.436. The first-order valence-electron chi connectivity index (χ1n) is 7.67. The number of hydrogen-bond donors (Lipinski definition) is 2. The Bertz CT molecular complexity index is 758. The molecule has 128 valence electrons. The predicted molar refractivity (Wildman–Crippen MR) is 92.0 cm³/mol. The van der Waals surface area contributed by atoms with Crippen molar-refractivity contribution >= 4 is 12.0 Å². The third-order valence-corrected chi connectivity index (χ3v) is 3.20. The number of ether oxygens (including phenoxy) is 2. The van der Waals surface area contributed by atoms with Crippen molar-refractivity contribution in [3.8, 4) is 11.5 Å². The number of methoxy groups -OCH3 is 1. The average Bonchev–Trinajstić information content (AvgIpc) is 2.59. The third kappa shape index (κ3) is 4.80. The maximum atomic E-state index is 11.2. The van der Waals surface area contributed by atoms with Crippen LogP contribution in [0.2, 0.25) is 0 Å². The molecule has 0 saturated carbocycles. The lowest BCUT2D eigenvalue weighted by Gasteiger charge is -2.10. The Morgan fingerprint density at radius 2 is 2.21 bits per heavy atom. The predicted octanol–water partition coefficient (Wildman–Crippen LogP) is 2.11. The number of hydrazone groups is 1. The van der Waals surface area contributed by atoms with E-state index in [9.17, 15) is 4.79 Å². The minimum Gasteiger partial charge on any atom is -0.493 e. The Kier molecular flexibility index (Phi) is 6.30. The summed E-state index contributed by atoms with van der Waals surface area (Å²) in [5, 5.41) is 10.1. The van der Waals surface area contributed by atoms with Gasteiger partial charge < -0.3 is 9.47 Å². The highest BCUT2D eigenvalue weighted by Crippen LogP contribution is 2.27. The maximum absolute atomic E-state index is 11.2. The molecule has 0 atom stereocenters. The minimum absolute atomic E-state index is 0.307. The van der Waals surface area contributed by atoms with Gasteiger partial charge in [0.15, 0.2) is 17.3 Å². The lowest BCUT2D eigenvalue weighted by molar-refractivity contribution is 0.288. The molecule has 0 aliphatic rings. The lowest BCUT2D eigenvalue weighted by Crippen LogP contribution is -2.15. The molecule has 0 saturated heterocycles. The lowest BCUT2D eigenvalue weighted by atomic mass is 10.2. The number of rotatable bonds is 8. The minimum atomic E-state index is -0.534. The van der Waals surface area contributed by atoms with Crippen LogP contribution in [0.1, 0.15) is 31.0 Å². The van der Waals surface area contributed by atoms with Crippen molar-refractivity contribution in [2.24, 2.45) is 5.10 Å². The SMILES string of the molecule is CCCCOc1ccc(C=NNc2nc(=O)[nH]nc2C)cc1OC. The van der Waals surface area contributed by atoms with Crippen LogP contribution in [0.4, 0.5) is 5.82 Å². The van der Waals surface area contributed by atoms with E-state index in [-0.39, 0.29) is 0 Å². The molecule has 1 aromatic heterocycles. The fraction of sp³-hybridized carbons (Fsp3) is 0.375. The zero-order valence-electron chi connectivity index (χ0n) is 14.0. The highest BCUT2D eigenvalue weighted by atomic mass is 16.5. The molecule has 0 aliphatic carbocycles. The first-order valence-corrected chi connectivity index (χ1v) is 7.67. The zero-order valence-corrected chi connectivity index (χ0v) is 14.0. The summed E-state index contributed by atoms with van der Waals surface area (Å²) >= 11 is 0. The van der Waals surface area contributed by atoms with Crippen molar-refractivity contribution in [2.45, 2.75) is 26.7 Å². The molecule has 0 spiro atoms. The van der Waals surface area contributed by atoms with Crippen LogP contribution in [0, 0.1) is 6.92 Å². The van der Waals surface area contributed by atoms with Crippen molar-refractivity contribution in [2.75, 3.05) is 19.1 Å². The molecule has 24 heavy (non-hydrogen) atoms. The standard InChI is InChI=1S/C16H21N5O3/c1-4-5-8-24-13-7-6-12(9-14(13)23-3)10-17-20-15-11(2)19-21-16(22)18-15/h6-7,9-10H,4-5,8H2,1-3H3,(H2,18,20,21,22). The Labute approximate surface area is 139 Å². The highest BCUT2D eigenvalue weighted by Gasteiger charge is 2.05. The van der Waals surface area contributed by atoms with Crippen molar-refractivity contribution in [1.29, 1.82) is 0 Å². The fourth-order valence-corrected chi connectivity index (χ4v) is 1.88. The van der Waals surface area contributed by atoms with E-state index in [4.69, 9.17) is 9.47 Å². The Morgan fingerprint density at radius 1 is 1.38 bits per heavy atom. The molecule has 0 radical (unpaired) electrons. The second-order valence-electron chi connectivity index (χ2n) is 5.06. The summed E-state index contributed by atoms with van der Waals surface area (Å²) in [5.41, 5.74) is 3.53. The first kappa shape index (κ1) is 17.5. The topological polar surface area (TPSA) is 101 Å². The average molecular weight is 331 g/mol. The Hall–Kier alpha value is -2.90. The van der Waals surface area contributed by atoms with E-state index in [1.165, 1.54) is 0 Å². The van der Waals surface area contributed by atoms with Crippen LogP contribution >= 0.6 is 0 Å². The first-order chi connectivity index (χ1) is 11.6. The van der Waals surface area contributed by atoms with Gasteiger partial charge in [-0.25, -0.2) is 9.89 Å². The van der Waals surface area contributed by atoms with Gasteiger partial charge in [0.2, 0.25) is 0 Å². The van der Waals surface area contributed by atoms with Crippen LogP contribution in [0.15, 0.2) is 28.1 Å². The number of nitrogens with one attached hydrogen (secondary N) is 2. The molecule has 1 heterocycles. The van der Waals surface area contributed by atoms with Crippen LogP contribution in [0.3, 0.4) is 0 Å². The second-order valence-corrected chi connectivity index (χ2v) is 5.06. The smallest absolute Gasteiger partial charge is 0.363 e. The van der Waals surface area contributed by atoms with Crippen LogP contribution < -0.4 is 20.6 Å². The number of aryl methyl sites for hydroxylation is 1. The van der Waals surface area contributed by atoms with E-state index in [0.717, 1.165) is 18.4 Å². The zero-order chi connectivity index (χ0) is 17.4. The van der Waals surface area contributed by atoms with Gasteiger partial charge in [-0.1, -0.05) is 13.3 Å². The van der Waals surface area contributed by atoms with E-state index in [1.807, 2.05) is 18.2 Å². The van der Waals surface area contributed by atoms with Crippen LogP contribution in [0.5, 0.6) is 11.5 Å². The summed E-state index contributed by atoms with van der Waals surface area (Å²) in [6, 6.07) is 5.53. The molecular formula is C16H21N5O3. The van der Waals surface area contributed by atoms with Gasteiger partial charge in [-0.05, 0) is 37.1 Å². The second kappa shape index (κ2) is 8.66. The summed E-state index contributed by atoms with van der Waals surface area (Å²) in [7, 11) is 1.59.